The van der Waals surface area contributed by atoms with Gasteiger partial charge in [-0.3, -0.25) is 4.79 Å². The Bertz CT molecular complexity index is 896. The lowest BCUT2D eigenvalue weighted by atomic mass is 10.1. The molecule has 128 valence electrons. The number of hydrogen-bond donors (Lipinski definition) is 2. The highest BCUT2D eigenvalue weighted by molar-refractivity contribution is 9.10. The third kappa shape index (κ3) is 4.26. The standard InChI is InChI=1S/C17H12Br2N2O3S/c1-24-13-8-11(19)6-9(15(13)22)7-14-16(23)21-17(25-14)20-12-4-2-10(18)3-5-12/h2-8,22H,1H3,(H,20,21,23)/b14-7+. The molecule has 2 N–H and O–H groups in total. The van der Waals surface area contributed by atoms with E-state index in [1.54, 1.807) is 18.2 Å². The van der Waals surface area contributed by atoms with Crippen molar-refractivity contribution in [2.75, 3.05) is 7.11 Å². The molecule has 1 amide bonds. The lowest BCUT2D eigenvalue weighted by Gasteiger charge is -2.07. The number of halogens is 2. The lowest BCUT2D eigenvalue weighted by Crippen LogP contribution is -2.19. The number of phenolic OH excluding ortho intramolecular Hbond substituents is 1. The van der Waals surface area contributed by atoms with Crippen LogP contribution in [0, 0.1) is 0 Å². The number of carbonyl (C=O) groups is 1. The fourth-order valence-corrected chi connectivity index (χ4v) is 3.67. The molecule has 2 aromatic rings. The zero-order valence-electron chi connectivity index (χ0n) is 12.9. The maximum atomic E-state index is 12.2. The molecule has 2 aromatic carbocycles. The molecule has 0 spiro atoms. The molecular weight excluding hydrogens is 472 g/mol. The number of methoxy groups -OCH3 is 1. The summed E-state index contributed by atoms with van der Waals surface area (Å²) >= 11 is 7.94. The average Bonchev–Trinajstić information content (AvgIpc) is 2.92. The van der Waals surface area contributed by atoms with E-state index in [9.17, 15) is 9.90 Å². The van der Waals surface area contributed by atoms with Crippen molar-refractivity contribution in [1.82, 2.24) is 5.32 Å². The lowest BCUT2D eigenvalue weighted by molar-refractivity contribution is -0.115. The number of benzene rings is 2. The normalized spacial score (nSPS) is 17.2. The predicted octanol–water partition coefficient (Wildman–Crippen LogP) is 4.82. The first-order valence-corrected chi connectivity index (χ1v) is 9.48. The van der Waals surface area contributed by atoms with Crippen molar-refractivity contribution in [3.05, 3.63) is 55.8 Å². The molecule has 0 bridgehead atoms. The summed E-state index contributed by atoms with van der Waals surface area (Å²) in [4.78, 5) is 17.0. The summed E-state index contributed by atoms with van der Waals surface area (Å²) in [6.07, 6.45) is 1.60. The largest absolute Gasteiger partial charge is 0.504 e. The molecule has 0 aliphatic carbocycles. The van der Waals surface area contributed by atoms with Gasteiger partial charge in [0, 0.05) is 14.5 Å². The maximum absolute atomic E-state index is 12.2. The summed E-state index contributed by atoms with van der Waals surface area (Å²) in [5.41, 5.74) is 1.22. The van der Waals surface area contributed by atoms with Gasteiger partial charge in [-0.15, -0.1) is 0 Å². The van der Waals surface area contributed by atoms with E-state index in [-0.39, 0.29) is 11.7 Å². The third-order valence-corrected chi connectivity index (χ3v) is 5.18. The second-order valence-electron chi connectivity index (χ2n) is 5.00. The third-order valence-electron chi connectivity index (χ3n) is 3.28. The van der Waals surface area contributed by atoms with Crippen LogP contribution in [0.1, 0.15) is 5.56 Å². The summed E-state index contributed by atoms with van der Waals surface area (Å²) in [5.74, 6) is 0.0393. The molecule has 1 heterocycles. The summed E-state index contributed by atoms with van der Waals surface area (Å²) < 4.78 is 6.82. The van der Waals surface area contributed by atoms with Gasteiger partial charge in [-0.25, -0.2) is 4.99 Å². The number of aliphatic imine (C=N–C) groups is 1. The summed E-state index contributed by atoms with van der Waals surface area (Å²) in [7, 11) is 1.47. The van der Waals surface area contributed by atoms with E-state index in [0.717, 1.165) is 14.6 Å². The Balaban J connectivity index is 1.89. The zero-order chi connectivity index (χ0) is 18.0. The summed E-state index contributed by atoms with van der Waals surface area (Å²) in [6.45, 7) is 0. The van der Waals surface area contributed by atoms with Crippen LogP contribution in [0.5, 0.6) is 11.5 Å². The van der Waals surface area contributed by atoms with E-state index in [1.165, 1.54) is 18.9 Å². The van der Waals surface area contributed by atoms with Crippen LogP contribution in [-0.4, -0.2) is 23.3 Å². The second-order valence-corrected chi connectivity index (χ2v) is 7.87. The van der Waals surface area contributed by atoms with Crippen LogP contribution >= 0.6 is 43.6 Å². The van der Waals surface area contributed by atoms with Crippen LogP contribution in [0.4, 0.5) is 5.69 Å². The Hall–Kier alpha value is -1.77. The smallest absolute Gasteiger partial charge is 0.264 e. The molecule has 0 aromatic heterocycles. The molecule has 25 heavy (non-hydrogen) atoms. The molecule has 1 fully saturated rings. The minimum atomic E-state index is -0.265. The van der Waals surface area contributed by atoms with Crippen LogP contribution in [0.25, 0.3) is 6.08 Å². The van der Waals surface area contributed by atoms with E-state index >= 15 is 0 Å². The number of amidine groups is 1. The Kier molecular flexibility index (Phi) is 5.51. The minimum absolute atomic E-state index is 0.0232. The van der Waals surface area contributed by atoms with Crippen LogP contribution in [0.2, 0.25) is 0 Å². The van der Waals surface area contributed by atoms with Crippen molar-refractivity contribution in [1.29, 1.82) is 0 Å². The Morgan fingerprint density at radius 2 is 1.92 bits per heavy atom. The number of carbonyl (C=O) groups excluding carboxylic acids is 1. The average molecular weight is 484 g/mol. The monoisotopic (exact) mass is 482 g/mol. The number of hydrogen-bond acceptors (Lipinski definition) is 5. The van der Waals surface area contributed by atoms with Gasteiger partial charge >= 0.3 is 0 Å². The number of phenols is 1. The number of amides is 1. The topological polar surface area (TPSA) is 70.9 Å². The molecule has 1 aliphatic heterocycles. The van der Waals surface area contributed by atoms with E-state index < -0.39 is 0 Å². The molecule has 8 heteroatoms. The Morgan fingerprint density at radius 1 is 1.20 bits per heavy atom. The summed E-state index contributed by atoms with van der Waals surface area (Å²) in [5, 5.41) is 13.4. The Morgan fingerprint density at radius 3 is 2.60 bits per heavy atom. The van der Waals surface area contributed by atoms with Gasteiger partial charge in [0.15, 0.2) is 16.7 Å². The minimum Gasteiger partial charge on any atom is -0.504 e. The predicted molar refractivity (Wildman–Crippen MR) is 107 cm³/mol. The molecule has 1 aliphatic rings. The van der Waals surface area contributed by atoms with Gasteiger partial charge in [0.2, 0.25) is 0 Å². The fraction of sp³-hybridized carbons (Fsp3) is 0.0588. The first kappa shape index (κ1) is 18.0. The number of ether oxygens (including phenoxy) is 1. The maximum Gasteiger partial charge on any atom is 0.264 e. The molecular formula is C17H12Br2N2O3S. The number of thioether (sulfide) groups is 1. The van der Waals surface area contributed by atoms with Gasteiger partial charge in [0.1, 0.15) is 0 Å². The van der Waals surface area contributed by atoms with E-state index in [1.807, 2.05) is 24.3 Å². The van der Waals surface area contributed by atoms with Crippen molar-refractivity contribution >= 4 is 66.5 Å². The van der Waals surface area contributed by atoms with Gasteiger partial charge in [-0.05, 0) is 54.2 Å². The molecule has 1 saturated heterocycles. The van der Waals surface area contributed by atoms with Crippen molar-refractivity contribution in [3.63, 3.8) is 0 Å². The number of nitrogens with zero attached hydrogens (tertiary/aromatic N) is 1. The number of rotatable bonds is 3. The van der Waals surface area contributed by atoms with Crippen LogP contribution in [-0.2, 0) is 4.79 Å². The summed E-state index contributed by atoms with van der Waals surface area (Å²) in [6, 6.07) is 10.8. The Labute approximate surface area is 165 Å². The van der Waals surface area contributed by atoms with Crippen molar-refractivity contribution in [3.8, 4) is 11.5 Å². The molecule has 5 nitrogen and oxygen atoms in total. The van der Waals surface area contributed by atoms with Gasteiger partial charge in [-0.1, -0.05) is 31.9 Å². The van der Waals surface area contributed by atoms with Crippen molar-refractivity contribution in [2.24, 2.45) is 4.99 Å². The molecule has 0 radical (unpaired) electrons. The quantitative estimate of drug-likeness (QED) is 0.614. The van der Waals surface area contributed by atoms with Crippen LogP contribution in [0.15, 0.2) is 55.2 Å². The first-order chi connectivity index (χ1) is 12.0. The SMILES string of the molecule is COc1cc(Br)cc(/C=C2/SC(=Nc3ccc(Br)cc3)NC2=O)c1O. The van der Waals surface area contributed by atoms with E-state index in [0.29, 0.717) is 21.4 Å². The highest BCUT2D eigenvalue weighted by Crippen LogP contribution is 2.37. The number of aromatic hydroxyl groups is 1. The van der Waals surface area contributed by atoms with E-state index in [2.05, 4.69) is 42.2 Å². The highest BCUT2D eigenvalue weighted by Gasteiger charge is 2.24. The molecule has 0 atom stereocenters. The van der Waals surface area contributed by atoms with Gasteiger partial charge in [0.25, 0.3) is 5.91 Å². The van der Waals surface area contributed by atoms with Crippen LogP contribution in [0.3, 0.4) is 0 Å². The van der Waals surface area contributed by atoms with Gasteiger partial charge in [0.05, 0.1) is 17.7 Å². The van der Waals surface area contributed by atoms with Gasteiger partial charge in [-0.2, -0.15) is 0 Å². The van der Waals surface area contributed by atoms with Crippen molar-refractivity contribution in [2.45, 2.75) is 0 Å². The molecule has 3 rings (SSSR count). The van der Waals surface area contributed by atoms with Crippen molar-refractivity contribution < 1.29 is 14.6 Å². The van der Waals surface area contributed by atoms with E-state index in [4.69, 9.17) is 4.74 Å². The van der Waals surface area contributed by atoms with Gasteiger partial charge < -0.3 is 15.2 Å². The molecule has 0 saturated carbocycles. The number of nitrogens with one attached hydrogen (secondary N) is 1. The highest BCUT2D eigenvalue weighted by atomic mass is 79.9. The van der Waals surface area contributed by atoms with Crippen LogP contribution < -0.4 is 10.1 Å². The fourth-order valence-electron chi connectivity index (χ4n) is 2.11. The second kappa shape index (κ2) is 7.63. The zero-order valence-corrected chi connectivity index (χ0v) is 16.9. The first-order valence-electron chi connectivity index (χ1n) is 7.08. The molecule has 0 unspecified atom stereocenters.